The van der Waals surface area contributed by atoms with Gasteiger partial charge in [-0.3, -0.25) is 5.41 Å². The van der Waals surface area contributed by atoms with Crippen LogP contribution in [0.15, 0.2) is 42.6 Å². The minimum atomic E-state index is 0.0420. The molecule has 0 spiro atoms. The first-order valence-electron chi connectivity index (χ1n) is 6.13. The molecule has 0 amide bonds. The summed E-state index contributed by atoms with van der Waals surface area (Å²) in [6.45, 7) is 2.89. The maximum atomic E-state index is 7.34. The van der Waals surface area contributed by atoms with E-state index in [1.165, 1.54) is 11.1 Å². The third kappa shape index (κ3) is 3.31. The number of hydrogen-bond acceptors (Lipinski definition) is 3. The van der Waals surface area contributed by atoms with E-state index in [1.54, 1.807) is 6.20 Å². The fourth-order valence-electron chi connectivity index (χ4n) is 1.94. The highest BCUT2D eigenvalue weighted by atomic mass is 15.2. The van der Waals surface area contributed by atoms with Crippen LogP contribution in [-0.4, -0.2) is 17.9 Å². The van der Waals surface area contributed by atoms with E-state index in [9.17, 15) is 0 Å². The summed E-state index contributed by atoms with van der Waals surface area (Å²) in [5.41, 5.74) is 8.56. The van der Waals surface area contributed by atoms with Gasteiger partial charge in [-0.15, -0.1) is 0 Å². The summed E-state index contributed by atoms with van der Waals surface area (Å²) in [4.78, 5) is 6.39. The van der Waals surface area contributed by atoms with Crippen LogP contribution in [0.2, 0.25) is 0 Å². The second-order valence-corrected chi connectivity index (χ2v) is 4.66. The number of nitrogens with zero attached hydrogens (tertiary/aromatic N) is 2. The summed E-state index contributed by atoms with van der Waals surface area (Å²) in [5, 5.41) is 7.34. The Hall–Kier alpha value is -2.36. The van der Waals surface area contributed by atoms with Gasteiger partial charge in [0.15, 0.2) is 0 Å². The van der Waals surface area contributed by atoms with Crippen LogP contribution in [0.4, 0.5) is 5.82 Å². The second kappa shape index (κ2) is 5.52. The molecule has 19 heavy (non-hydrogen) atoms. The highest BCUT2D eigenvalue weighted by Crippen LogP contribution is 2.13. The van der Waals surface area contributed by atoms with Gasteiger partial charge < -0.3 is 10.6 Å². The van der Waals surface area contributed by atoms with Crippen LogP contribution in [0.1, 0.15) is 16.7 Å². The molecule has 1 aromatic heterocycles. The predicted molar refractivity (Wildman–Crippen MR) is 78.5 cm³/mol. The molecule has 1 aromatic carbocycles. The molecule has 1 heterocycles. The van der Waals surface area contributed by atoms with Crippen molar-refractivity contribution in [2.24, 2.45) is 5.73 Å². The first-order chi connectivity index (χ1) is 9.06. The highest BCUT2D eigenvalue weighted by Gasteiger charge is 2.04. The Balaban J connectivity index is 2.11. The lowest BCUT2D eigenvalue weighted by atomic mass is 10.1. The SMILES string of the molecule is Cc1cccc(CN(C)c2ccc(C(=N)N)cn2)c1. The third-order valence-corrected chi connectivity index (χ3v) is 2.95. The number of rotatable bonds is 4. The maximum absolute atomic E-state index is 7.34. The number of pyridine rings is 1. The Kier molecular flexibility index (Phi) is 3.80. The molecule has 0 fully saturated rings. The molecule has 0 saturated heterocycles. The molecule has 0 saturated carbocycles. The van der Waals surface area contributed by atoms with E-state index in [-0.39, 0.29) is 5.84 Å². The summed E-state index contributed by atoms with van der Waals surface area (Å²) in [6.07, 6.45) is 1.63. The number of aromatic nitrogens is 1. The van der Waals surface area contributed by atoms with Gasteiger partial charge in [-0.05, 0) is 24.6 Å². The Labute approximate surface area is 113 Å². The average Bonchev–Trinajstić information content (AvgIpc) is 2.39. The van der Waals surface area contributed by atoms with Crippen LogP contribution in [-0.2, 0) is 6.54 Å². The Morgan fingerprint density at radius 3 is 2.68 bits per heavy atom. The number of amidine groups is 1. The standard InChI is InChI=1S/C15H18N4/c1-11-4-3-5-12(8-11)10-19(2)14-7-6-13(9-18-14)15(16)17/h3-9H,10H2,1-2H3,(H3,16,17). The molecule has 0 atom stereocenters. The molecule has 0 aliphatic rings. The Morgan fingerprint density at radius 2 is 2.11 bits per heavy atom. The van der Waals surface area contributed by atoms with Crippen LogP contribution in [0.3, 0.4) is 0 Å². The van der Waals surface area contributed by atoms with Crippen LogP contribution in [0.5, 0.6) is 0 Å². The van der Waals surface area contributed by atoms with E-state index in [0.29, 0.717) is 5.56 Å². The lowest BCUT2D eigenvalue weighted by molar-refractivity contribution is 0.896. The lowest BCUT2D eigenvalue weighted by Crippen LogP contribution is -2.18. The largest absolute Gasteiger partial charge is 0.384 e. The molecular weight excluding hydrogens is 236 g/mol. The molecule has 0 aliphatic carbocycles. The number of aryl methyl sites for hydroxylation is 1. The minimum Gasteiger partial charge on any atom is -0.384 e. The summed E-state index contributed by atoms with van der Waals surface area (Å²) >= 11 is 0. The minimum absolute atomic E-state index is 0.0420. The molecule has 0 bridgehead atoms. The van der Waals surface area contributed by atoms with Crippen LogP contribution in [0, 0.1) is 12.3 Å². The van der Waals surface area contributed by atoms with E-state index in [0.717, 1.165) is 12.4 Å². The van der Waals surface area contributed by atoms with Gasteiger partial charge in [0.05, 0.1) is 0 Å². The Morgan fingerprint density at radius 1 is 1.32 bits per heavy atom. The molecule has 0 radical (unpaired) electrons. The van der Waals surface area contributed by atoms with Crippen molar-refractivity contribution in [2.45, 2.75) is 13.5 Å². The van der Waals surface area contributed by atoms with Crippen LogP contribution < -0.4 is 10.6 Å². The molecule has 0 unspecified atom stereocenters. The summed E-state index contributed by atoms with van der Waals surface area (Å²) in [5.74, 6) is 0.909. The zero-order valence-electron chi connectivity index (χ0n) is 11.2. The quantitative estimate of drug-likeness (QED) is 0.650. The van der Waals surface area contributed by atoms with E-state index in [1.807, 2.05) is 19.2 Å². The van der Waals surface area contributed by atoms with Crippen molar-refractivity contribution in [3.8, 4) is 0 Å². The molecule has 4 heteroatoms. The molecule has 2 rings (SSSR count). The van der Waals surface area contributed by atoms with E-state index >= 15 is 0 Å². The lowest BCUT2D eigenvalue weighted by Gasteiger charge is -2.18. The topological polar surface area (TPSA) is 66.0 Å². The van der Waals surface area contributed by atoms with Crippen molar-refractivity contribution >= 4 is 11.7 Å². The number of nitrogen functional groups attached to an aromatic ring is 1. The number of benzene rings is 1. The molecule has 4 nitrogen and oxygen atoms in total. The van der Waals surface area contributed by atoms with E-state index < -0.39 is 0 Å². The van der Waals surface area contributed by atoms with E-state index in [4.69, 9.17) is 11.1 Å². The maximum Gasteiger partial charge on any atom is 0.128 e. The summed E-state index contributed by atoms with van der Waals surface area (Å²) in [6, 6.07) is 12.1. The van der Waals surface area contributed by atoms with E-state index in [2.05, 4.69) is 41.1 Å². The number of hydrogen-bond donors (Lipinski definition) is 2. The third-order valence-electron chi connectivity index (χ3n) is 2.95. The highest BCUT2D eigenvalue weighted by molar-refractivity contribution is 5.94. The fourth-order valence-corrected chi connectivity index (χ4v) is 1.94. The van der Waals surface area contributed by atoms with Gasteiger partial charge in [0.1, 0.15) is 11.7 Å². The molecule has 2 aromatic rings. The van der Waals surface area contributed by atoms with Crippen molar-refractivity contribution in [1.29, 1.82) is 5.41 Å². The fraction of sp³-hybridized carbons (Fsp3) is 0.200. The van der Waals surface area contributed by atoms with Crippen molar-refractivity contribution in [3.05, 3.63) is 59.3 Å². The van der Waals surface area contributed by atoms with Gasteiger partial charge in [0, 0.05) is 25.4 Å². The zero-order chi connectivity index (χ0) is 13.8. The second-order valence-electron chi connectivity index (χ2n) is 4.66. The van der Waals surface area contributed by atoms with Crippen molar-refractivity contribution in [2.75, 3.05) is 11.9 Å². The number of anilines is 1. The smallest absolute Gasteiger partial charge is 0.128 e. The monoisotopic (exact) mass is 254 g/mol. The normalized spacial score (nSPS) is 10.2. The molecule has 0 aliphatic heterocycles. The summed E-state index contributed by atoms with van der Waals surface area (Å²) in [7, 11) is 2.00. The van der Waals surface area contributed by atoms with Gasteiger partial charge in [0.2, 0.25) is 0 Å². The van der Waals surface area contributed by atoms with Gasteiger partial charge >= 0.3 is 0 Å². The van der Waals surface area contributed by atoms with Gasteiger partial charge in [-0.2, -0.15) is 0 Å². The Bertz CT molecular complexity index is 575. The van der Waals surface area contributed by atoms with Crippen molar-refractivity contribution in [1.82, 2.24) is 4.98 Å². The molecular formula is C15H18N4. The zero-order valence-corrected chi connectivity index (χ0v) is 11.2. The van der Waals surface area contributed by atoms with Gasteiger partial charge in [-0.1, -0.05) is 29.8 Å². The van der Waals surface area contributed by atoms with Gasteiger partial charge in [0.25, 0.3) is 0 Å². The number of nitrogens with two attached hydrogens (primary N) is 1. The van der Waals surface area contributed by atoms with Crippen molar-refractivity contribution < 1.29 is 0 Å². The van der Waals surface area contributed by atoms with Crippen molar-refractivity contribution in [3.63, 3.8) is 0 Å². The first kappa shape index (κ1) is 13.1. The summed E-state index contributed by atoms with van der Waals surface area (Å²) < 4.78 is 0. The van der Waals surface area contributed by atoms with Crippen LogP contribution in [0.25, 0.3) is 0 Å². The average molecular weight is 254 g/mol. The predicted octanol–water partition coefficient (Wildman–Crippen LogP) is 2.31. The first-order valence-corrected chi connectivity index (χ1v) is 6.13. The molecule has 3 N–H and O–H groups in total. The van der Waals surface area contributed by atoms with Gasteiger partial charge in [-0.25, -0.2) is 4.98 Å². The molecule has 98 valence electrons. The number of nitrogens with one attached hydrogen (secondary N) is 1. The van der Waals surface area contributed by atoms with Crippen LogP contribution >= 0.6 is 0 Å².